The summed E-state index contributed by atoms with van der Waals surface area (Å²) < 4.78 is 0. The number of aromatic nitrogens is 1. The number of hydrogen-bond acceptors (Lipinski definition) is 6. The van der Waals surface area contributed by atoms with E-state index >= 15 is 0 Å². The molecule has 1 aliphatic carbocycles. The molecule has 7 nitrogen and oxygen atoms in total. The van der Waals surface area contributed by atoms with Gasteiger partial charge in [0.25, 0.3) is 5.91 Å². The van der Waals surface area contributed by atoms with E-state index in [4.69, 9.17) is 6.42 Å². The monoisotopic (exact) mass is 413 g/mol. The second kappa shape index (κ2) is 8.23. The predicted octanol–water partition coefficient (Wildman–Crippen LogP) is 3.26. The first-order valence-corrected chi connectivity index (χ1v) is 11.2. The van der Waals surface area contributed by atoms with Gasteiger partial charge in [-0.1, -0.05) is 0 Å². The van der Waals surface area contributed by atoms with Gasteiger partial charge in [0.2, 0.25) is 5.91 Å². The van der Waals surface area contributed by atoms with Crippen LogP contribution >= 0.6 is 11.3 Å². The summed E-state index contributed by atoms with van der Waals surface area (Å²) in [5.74, 6) is 3.47. The highest BCUT2D eigenvalue weighted by Gasteiger charge is 2.39. The lowest BCUT2D eigenvalue weighted by Crippen LogP contribution is -2.38. The van der Waals surface area contributed by atoms with Crippen LogP contribution in [0.3, 0.4) is 0 Å². The van der Waals surface area contributed by atoms with Crippen LogP contribution in [-0.2, 0) is 4.79 Å². The summed E-state index contributed by atoms with van der Waals surface area (Å²) in [6, 6.07) is 0. The molecule has 2 fully saturated rings. The summed E-state index contributed by atoms with van der Waals surface area (Å²) in [5.41, 5.74) is 0.404. The number of amides is 2. The van der Waals surface area contributed by atoms with Gasteiger partial charge in [-0.15, -0.1) is 23.7 Å². The number of hydrogen-bond donors (Lipinski definition) is 1. The number of carbonyl (C=O) groups is 2. The minimum atomic E-state index is -0.376. The van der Waals surface area contributed by atoms with E-state index in [0.29, 0.717) is 36.1 Å². The third-order valence-corrected chi connectivity index (χ3v) is 7.28. The van der Waals surface area contributed by atoms with E-state index in [1.54, 1.807) is 0 Å². The van der Waals surface area contributed by atoms with Crippen molar-refractivity contribution in [3.05, 3.63) is 15.6 Å². The maximum atomic E-state index is 12.6. The van der Waals surface area contributed by atoms with E-state index in [0.717, 1.165) is 55.9 Å². The summed E-state index contributed by atoms with van der Waals surface area (Å²) in [6.45, 7) is 4.01. The van der Waals surface area contributed by atoms with Gasteiger partial charge in [-0.2, -0.15) is 10.2 Å². The number of piperidine rings is 1. The highest BCUT2D eigenvalue weighted by molar-refractivity contribution is 7.13. The van der Waals surface area contributed by atoms with Gasteiger partial charge in [0.15, 0.2) is 5.66 Å². The van der Waals surface area contributed by atoms with Gasteiger partial charge in [0.05, 0.1) is 10.7 Å². The number of nitrogens with zero attached hydrogens (tertiary/aromatic N) is 4. The van der Waals surface area contributed by atoms with E-state index in [1.807, 2.05) is 11.8 Å². The molecule has 3 aliphatic rings. The van der Waals surface area contributed by atoms with Crippen LogP contribution in [0.4, 0.5) is 0 Å². The van der Waals surface area contributed by atoms with Crippen molar-refractivity contribution in [1.82, 2.24) is 15.2 Å². The van der Waals surface area contributed by atoms with Crippen molar-refractivity contribution < 1.29 is 9.59 Å². The lowest BCUT2D eigenvalue weighted by molar-refractivity contribution is -0.133. The van der Waals surface area contributed by atoms with Gasteiger partial charge in [-0.3, -0.25) is 9.59 Å². The fourth-order valence-corrected chi connectivity index (χ4v) is 5.01. The van der Waals surface area contributed by atoms with Crippen molar-refractivity contribution in [1.29, 1.82) is 0 Å². The molecule has 29 heavy (non-hydrogen) atoms. The van der Waals surface area contributed by atoms with Crippen LogP contribution in [0.15, 0.2) is 10.2 Å². The average Bonchev–Trinajstić information content (AvgIpc) is 3.65. The molecular formula is C21H27N5O2S. The van der Waals surface area contributed by atoms with Gasteiger partial charge in [0.1, 0.15) is 4.88 Å². The number of carbonyl (C=O) groups excluding carboxylic acids is 2. The Morgan fingerprint density at radius 2 is 1.97 bits per heavy atom. The SMILES string of the molecule is C#CCCC1(CCNC(=O)c2sc(C3CCN(C(=O)C4CC4)CC3)nc2C)N=N1. The highest BCUT2D eigenvalue weighted by Crippen LogP contribution is 2.37. The molecule has 3 heterocycles. The molecule has 4 rings (SSSR count). The minimum Gasteiger partial charge on any atom is -0.351 e. The lowest BCUT2D eigenvalue weighted by atomic mass is 9.97. The third kappa shape index (κ3) is 4.67. The zero-order valence-electron chi connectivity index (χ0n) is 16.8. The van der Waals surface area contributed by atoms with Crippen LogP contribution in [-0.4, -0.2) is 47.0 Å². The molecule has 8 heteroatoms. The lowest BCUT2D eigenvalue weighted by Gasteiger charge is -2.31. The van der Waals surface area contributed by atoms with Crippen molar-refractivity contribution in [3.8, 4) is 12.3 Å². The molecule has 1 N–H and O–H groups in total. The summed E-state index contributed by atoms with van der Waals surface area (Å²) in [7, 11) is 0. The Morgan fingerprint density at radius 1 is 1.24 bits per heavy atom. The molecule has 0 radical (unpaired) electrons. The third-order valence-electron chi connectivity index (χ3n) is 5.97. The molecular weight excluding hydrogens is 386 g/mol. The van der Waals surface area contributed by atoms with Crippen molar-refractivity contribution in [3.63, 3.8) is 0 Å². The first-order chi connectivity index (χ1) is 14.0. The van der Waals surface area contributed by atoms with E-state index in [2.05, 4.69) is 26.4 Å². The number of nitrogens with one attached hydrogen (secondary N) is 1. The van der Waals surface area contributed by atoms with Crippen LogP contribution in [0.5, 0.6) is 0 Å². The molecule has 0 aromatic carbocycles. The zero-order chi connectivity index (χ0) is 20.4. The number of terminal acetylenes is 1. The quantitative estimate of drug-likeness (QED) is 0.664. The first-order valence-electron chi connectivity index (χ1n) is 10.4. The van der Waals surface area contributed by atoms with E-state index < -0.39 is 0 Å². The molecule has 0 bridgehead atoms. The number of aryl methyl sites for hydroxylation is 1. The zero-order valence-corrected chi connectivity index (χ0v) is 17.6. The van der Waals surface area contributed by atoms with Crippen molar-refractivity contribution in [2.75, 3.05) is 19.6 Å². The Kier molecular flexibility index (Phi) is 5.68. The molecule has 154 valence electrons. The standard InChI is InChI=1S/C21H27N5O2S/c1-3-4-9-21(24-25-21)10-11-22-18(27)17-14(2)23-19(29-17)15-7-12-26(13-8-15)20(28)16-5-6-16/h1,15-16H,4-13H2,2H3,(H,22,27). The molecule has 0 spiro atoms. The van der Waals surface area contributed by atoms with Gasteiger partial charge >= 0.3 is 0 Å². The highest BCUT2D eigenvalue weighted by atomic mass is 32.1. The first kappa shape index (κ1) is 20.0. The molecule has 2 amide bonds. The second-order valence-electron chi connectivity index (χ2n) is 8.23. The smallest absolute Gasteiger partial charge is 0.263 e. The fourth-order valence-electron chi connectivity index (χ4n) is 3.86. The maximum Gasteiger partial charge on any atom is 0.263 e. The predicted molar refractivity (Wildman–Crippen MR) is 111 cm³/mol. The minimum absolute atomic E-state index is 0.0830. The molecule has 1 aromatic rings. The number of likely N-dealkylation sites (tertiary alicyclic amines) is 1. The summed E-state index contributed by atoms with van der Waals surface area (Å²) in [4.78, 5) is 32.2. The Morgan fingerprint density at radius 3 is 2.59 bits per heavy atom. The maximum absolute atomic E-state index is 12.6. The van der Waals surface area contributed by atoms with Crippen molar-refractivity contribution in [2.45, 2.75) is 63.5 Å². The largest absolute Gasteiger partial charge is 0.351 e. The van der Waals surface area contributed by atoms with Crippen molar-refractivity contribution in [2.24, 2.45) is 16.1 Å². The van der Waals surface area contributed by atoms with E-state index in [1.165, 1.54) is 11.3 Å². The van der Waals surface area contributed by atoms with E-state index in [9.17, 15) is 9.59 Å². The van der Waals surface area contributed by atoms with Gasteiger partial charge in [0, 0.05) is 50.7 Å². The number of thiazole rings is 1. The van der Waals surface area contributed by atoms with Gasteiger partial charge in [-0.05, 0) is 32.6 Å². The van der Waals surface area contributed by atoms with Crippen LogP contribution in [0.2, 0.25) is 0 Å². The Bertz CT molecular complexity index is 853. The van der Waals surface area contributed by atoms with Crippen LogP contribution in [0, 0.1) is 25.2 Å². The van der Waals surface area contributed by atoms with Gasteiger partial charge < -0.3 is 10.2 Å². The molecule has 1 saturated carbocycles. The Balaban J connectivity index is 1.27. The average molecular weight is 414 g/mol. The van der Waals surface area contributed by atoms with Crippen LogP contribution < -0.4 is 5.32 Å². The van der Waals surface area contributed by atoms with Crippen LogP contribution in [0.25, 0.3) is 0 Å². The number of rotatable bonds is 8. The fraction of sp³-hybridized carbons (Fsp3) is 0.667. The Labute approximate surface area is 175 Å². The Hall–Kier alpha value is -2.27. The van der Waals surface area contributed by atoms with E-state index in [-0.39, 0.29) is 17.5 Å². The second-order valence-corrected chi connectivity index (χ2v) is 9.26. The molecule has 0 unspecified atom stereocenters. The van der Waals surface area contributed by atoms with Gasteiger partial charge in [-0.25, -0.2) is 4.98 Å². The summed E-state index contributed by atoms with van der Waals surface area (Å²) in [6.07, 6.45) is 11.3. The summed E-state index contributed by atoms with van der Waals surface area (Å²) >= 11 is 1.49. The molecule has 2 aliphatic heterocycles. The summed E-state index contributed by atoms with van der Waals surface area (Å²) in [5, 5.41) is 12.2. The topological polar surface area (TPSA) is 87.0 Å². The molecule has 0 atom stereocenters. The van der Waals surface area contributed by atoms with Crippen LogP contribution in [0.1, 0.15) is 71.2 Å². The molecule has 1 aromatic heterocycles. The normalized spacial score (nSPS) is 20.3. The molecule has 1 saturated heterocycles. The van der Waals surface area contributed by atoms with Crippen molar-refractivity contribution >= 4 is 23.2 Å².